The van der Waals surface area contributed by atoms with E-state index in [0.29, 0.717) is 46.6 Å². The first kappa shape index (κ1) is 27.1. The predicted octanol–water partition coefficient (Wildman–Crippen LogP) is 4.66. The van der Waals surface area contributed by atoms with Gasteiger partial charge in [0.15, 0.2) is 17.1 Å². The number of methoxy groups -OCH3 is 1. The SMILES string of the molecule is COC(=N)c1cc2nc(CN3CCC(c4cccc5c4O[C@@](C)(c4ccc(Cl)cn4)O5)CC3)n(C[C@@H]3CCO3)c2nn1. The van der Waals surface area contributed by atoms with Crippen molar-refractivity contribution in [3.05, 3.63) is 70.4 Å². The topological polar surface area (TPSA) is 121 Å². The fourth-order valence-corrected chi connectivity index (χ4v) is 6.06. The van der Waals surface area contributed by atoms with E-state index in [1.165, 1.54) is 12.7 Å². The Morgan fingerprint density at radius 2 is 1.98 bits per heavy atom. The molecule has 3 aromatic heterocycles. The molecule has 2 saturated heterocycles. The number of pyridine rings is 1. The van der Waals surface area contributed by atoms with Gasteiger partial charge in [-0.25, -0.2) is 4.98 Å². The first-order valence-electron chi connectivity index (χ1n) is 14.2. The number of benzene rings is 1. The standard InChI is InChI=1S/C30H32ClN7O4/c1-30(25-7-6-19(31)15-33-25)41-24-5-3-4-21(27(24)42-30)18-8-11-37(12-9-18)17-26-34-23-14-22(28(32)39-2)35-36-29(23)38(26)16-20-10-13-40-20/h3-7,14-15,18,20,32H,8-13,16-17H2,1-2H3/t20-,30-/m0/s1. The monoisotopic (exact) mass is 589 g/mol. The summed E-state index contributed by atoms with van der Waals surface area (Å²) in [6.07, 6.45) is 4.75. The van der Waals surface area contributed by atoms with Crippen LogP contribution in [0, 0.1) is 5.41 Å². The molecule has 0 unspecified atom stereocenters. The van der Waals surface area contributed by atoms with E-state index in [4.69, 9.17) is 40.9 Å². The number of aromatic nitrogens is 5. The molecule has 0 saturated carbocycles. The third kappa shape index (κ3) is 4.95. The highest BCUT2D eigenvalue weighted by Gasteiger charge is 2.42. The van der Waals surface area contributed by atoms with Gasteiger partial charge in [0.25, 0.3) is 5.79 Å². The van der Waals surface area contributed by atoms with Crippen LogP contribution >= 0.6 is 11.6 Å². The van der Waals surface area contributed by atoms with Gasteiger partial charge in [-0.15, -0.1) is 10.2 Å². The second kappa shape index (κ2) is 10.8. The number of piperidine rings is 1. The lowest BCUT2D eigenvalue weighted by Crippen LogP contribution is -2.35. The molecule has 4 aromatic rings. The summed E-state index contributed by atoms with van der Waals surface area (Å²) in [5.41, 5.74) is 3.63. The molecule has 218 valence electrons. The maximum absolute atomic E-state index is 7.97. The Morgan fingerprint density at radius 1 is 1.14 bits per heavy atom. The number of para-hydroxylation sites is 1. The number of halogens is 1. The minimum absolute atomic E-state index is 0.0311. The van der Waals surface area contributed by atoms with Crippen LogP contribution in [0.4, 0.5) is 0 Å². The van der Waals surface area contributed by atoms with Crippen molar-refractivity contribution in [2.24, 2.45) is 0 Å². The molecular weight excluding hydrogens is 558 g/mol. The zero-order chi connectivity index (χ0) is 28.8. The number of hydrogen-bond acceptors (Lipinski definition) is 10. The van der Waals surface area contributed by atoms with E-state index in [1.54, 1.807) is 18.3 Å². The molecule has 2 atom stereocenters. The van der Waals surface area contributed by atoms with Crippen molar-refractivity contribution >= 4 is 28.7 Å². The van der Waals surface area contributed by atoms with Gasteiger partial charge in [0, 0.05) is 31.4 Å². The van der Waals surface area contributed by atoms with Crippen molar-refractivity contribution in [1.29, 1.82) is 5.41 Å². The van der Waals surface area contributed by atoms with E-state index in [1.807, 2.05) is 25.1 Å². The van der Waals surface area contributed by atoms with Gasteiger partial charge in [0.05, 0.1) is 31.3 Å². The van der Waals surface area contributed by atoms with Crippen LogP contribution in [-0.4, -0.2) is 68.4 Å². The van der Waals surface area contributed by atoms with Gasteiger partial charge < -0.3 is 23.5 Å². The minimum atomic E-state index is -1.00. The zero-order valence-corrected chi connectivity index (χ0v) is 24.3. The average molecular weight is 590 g/mol. The zero-order valence-electron chi connectivity index (χ0n) is 23.5. The molecule has 3 aliphatic heterocycles. The van der Waals surface area contributed by atoms with E-state index in [9.17, 15) is 0 Å². The van der Waals surface area contributed by atoms with Crippen LogP contribution in [0.25, 0.3) is 11.2 Å². The molecule has 42 heavy (non-hydrogen) atoms. The summed E-state index contributed by atoms with van der Waals surface area (Å²) < 4.78 is 25.6. The van der Waals surface area contributed by atoms with E-state index < -0.39 is 5.79 Å². The predicted molar refractivity (Wildman–Crippen MR) is 155 cm³/mol. The Kier molecular flexibility index (Phi) is 6.95. The Hall–Kier alpha value is -3.80. The van der Waals surface area contributed by atoms with Crippen molar-refractivity contribution in [2.75, 3.05) is 26.8 Å². The largest absolute Gasteiger partial charge is 0.480 e. The molecule has 12 heteroatoms. The van der Waals surface area contributed by atoms with Gasteiger partial charge in [0.2, 0.25) is 5.90 Å². The van der Waals surface area contributed by atoms with E-state index in [-0.39, 0.29) is 12.0 Å². The molecule has 1 N–H and O–H groups in total. The fourth-order valence-electron chi connectivity index (χ4n) is 5.95. The van der Waals surface area contributed by atoms with E-state index >= 15 is 0 Å². The summed E-state index contributed by atoms with van der Waals surface area (Å²) in [7, 11) is 1.45. The molecule has 2 fully saturated rings. The highest BCUT2D eigenvalue weighted by Crippen LogP contribution is 2.49. The number of hydrogen-bond donors (Lipinski definition) is 1. The molecular formula is C30H32ClN7O4. The van der Waals surface area contributed by atoms with Gasteiger partial charge in [-0.05, 0) is 56.5 Å². The van der Waals surface area contributed by atoms with E-state index in [2.05, 4.69) is 30.7 Å². The van der Waals surface area contributed by atoms with Gasteiger partial charge >= 0.3 is 0 Å². The summed E-state index contributed by atoms with van der Waals surface area (Å²) in [5.74, 6) is 1.78. The van der Waals surface area contributed by atoms with Crippen molar-refractivity contribution < 1.29 is 18.9 Å². The van der Waals surface area contributed by atoms with Gasteiger partial charge in [-0.2, -0.15) is 0 Å². The lowest BCUT2D eigenvalue weighted by Gasteiger charge is -2.33. The van der Waals surface area contributed by atoms with Crippen LogP contribution in [0.5, 0.6) is 11.5 Å². The second-order valence-corrected chi connectivity index (χ2v) is 11.6. The average Bonchev–Trinajstić information content (AvgIpc) is 3.51. The van der Waals surface area contributed by atoms with Crippen LogP contribution in [0.3, 0.4) is 0 Å². The van der Waals surface area contributed by atoms with Gasteiger partial charge in [-0.1, -0.05) is 23.7 Å². The summed E-state index contributed by atoms with van der Waals surface area (Å²) >= 11 is 6.05. The first-order valence-corrected chi connectivity index (χ1v) is 14.6. The minimum Gasteiger partial charge on any atom is -0.480 e. The number of likely N-dealkylation sites (tertiary alicyclic amines) is 1. The number of nitrogens with zero attached hydrogens (tertiary/aromatic N) is 6. The van der Waals surface area contributed by atoms with Crippen LogP contribution < -0.4 is 9.47 Å². The maximum atomic E-state index is 7.97. The van der Waals surface area contributed by atoms with Gasteiger partial charge in [-0.3, -0.25) is 15.3 Å². The Labute approximate surface area is 248 Å². The Morgan fingerprint density at radius 3 is 2.69 bits per heavy atom. The third-order valence-electron chi connectivity index (χ3n) is 8.38. The molecule has 0 radical (unpaired) electrons. The van der Waals surface area contributed by atoms with Crippen molar-refractivity contribution in [2.45, 2.75) is 57.1 Å². The Bertz CT molecular complexity index is 1630. The van der Waals surface area contributed by atoms with Crippen molar-refractivity contribution in [3.63, 3.8) is 0 Å². The molecule has 1 aromatic carbocycles. The van der Waals surface area contributed by atoms with Crippen molar-refractivity contribution in [3.8, 4) is 11.5 Å². The molecule has 3 aliphatic rings. The maximum Gasteiger partial charge on any atom is 0.292 e. The summed E-state index contributed by atoms with van der Waals surface area (Å²) in [6, 6.07) is 11.5. The third-order valence-corrected chi connectivity index (χ3v) is 8.61. The summed E-state index contributed by atoms with van der Waals surface area (Å²) in [4.78, 5) is 11.8. The van der Waals surface area contributed by atoms with E-state index in [0.717, 1.165) is 56.3 Å². The molecule has 0 spiro atoms. The Balaban J connectivity index is 1.07. The number of rotatable bonds is 7. The highest BCUT2D eigenvalue weighted by atomic mass is 35.5. The fraction of sp³-hybridized carbons (Fsp3) is 0.433. The van der Waals surface area contributed by atoms with Gasteiger partial charge in [0.1, 0.15) is 22.7 Å². The van der Waals surface area contributed by atoms with Crippen LogP contribution in [0.1, 0.15) is 54.9 Å². The number of ether oxygens (including phenoxy) is 4. The summed E-state index contributed by atoms with van der Waals surface area (Å²) in [6.45, 7) is 5.89. The highest BCUT2D eigenvalue weighted by molar-refractivity contribution is 6.30. The molecule has 0 bridgehead atoms. The number of imidazole rings is 1. The number of fused-ring (bicyclic) bond motifs is 2. The summed E-state index contributed by atoms with van der Waals surface area (Å²) in [5, 5.41) is 17.2. The lowest BCUT2D eigenvalue weighted by atomic mass is 9.88. The first-order chi connectivity index (χ1) is 20.4. The molecule has 11 nitrogen and oxygen atoms in total. The quantitative estimate of drug-likeness (QED) is 0.242. The smallest absolute Gasteiger partial charge is 0.292 e. The van der Waals surface area contributed by atoms with Crippen LogP contribution in [0.2, 0.25) is 5.02 Å². The normalized spacial score (nSPS) is 22.3. The second-order valence-electron chi connectivity index (χ2n) is 11.1. The molecule has 0 aliphatic carbocycles. The number of nitrogens with one attached hydrogen (secondary N) is 1. The van der Waals surface area contributed by atoms with Crippen molar-refractivity contribution in [1.82, 2.24) is 29.6 Å². The molecule has 6 heterocycles. The van der Waals surface area contributed by atoms with Crippen LogP contribution in [0.15, 0.2) is 42.6 Å². The van der Waals surface area contributed by atoms with Crippen LogP contribution in [-0.2, 0) is 28.4 Å². The molecule has 7 rings (SSSR count). The molecule has 0 amide bonds. The lowest BCUT2D eigenvalue weighted by molar-refractivity contribution is -0.0722.